The van der Waals surface area contributed by atoms with Gasteiger partial charge >= 0.3 is 0 Å². The van der Waals surface area contributed by atoms with Crippen molar-refractivity contribution in [3.05, 3.63) is 28.3 Å². The molecule has 0 heterocycles. The fraction of sp³-hybridized carbons (Fsp3) is 0.500. The standard InChI is InChI=1S/C14H20ClNO2/c1-10-7-14(18-3)13(15)8-12(10)9-16-6-4-5-11(2)17/h7-8,16H,4-6,9H2,1-3H3. The van der Waals surface area contributed by atoms with Gasteiger partial charge in [-0.3, -0.25) is 0 Å². The van der Waals surface area contributed by atoms with E-state index >= 15 is 0 Å². The van der Waals surface area contributed by atoms with Crippen LogP contribution < -0.4 is 10.1 Å². The van der Waals surface area contributed by atoms with Gasteiger partial charge in [-0.2, -0.15) is 0 Å². The van der Waals surface area contributed by atoms with Gasteiger partial charge in [0.15, 0.2) is 0 Å². The van der Waals surface area contributed by atoms with Crippen molar-refractivity contribution in [3.63, 3.8) is 0 Å². The molecule has 0 amide bonds. The van der Waals surface area contributed by atoms with Crippen LogP contribution in [0.1, 0.15) is 30.9 Å². The molecule has 100 valence electrons. The molecular weight excluding hydrogens is 250 g/mol. The van der Waals surface area contributed by atoms with Gasteiger partial charge in [0.1, 0.15) is 11.5 Å². The van der Waals surface area contributed by atoms with Crippen LogP contribution in [0.2, 0.25) is 5.02 Å². The molecule has 0 bridgehead atoms. The molecule has 1 rings (SSSR count). The van der Waals surface area contributed by atoms with Gasteiger partial charge in [0.2, 0.25) is 0 Å². The molecule has 0 aliphatic carbocycles. The van der Waals surface area contributed by atoms with Crippen molar-refractivity contribution in [1.29, 1.82) is 0 Å². The molecule has 0 radical (unpaired) electrons. The highest BCUT2D eigenvalue weighted by molar-refractivity contribution is 6.32. The number of carbonyl (C=O) groups excluding carboxylic acids is 1. The van der Waals surface area contributed by atoms with Gasteiger partial charge < -0.3 is 14.8 Å². The van der Waals surface area contributed by atoms with Gasteiger partial charge in [0.05, 0.1) is 12.1 Å². The Morgan fingerprint density at radius 1 is 1.44 bits per heavy atom. The first kappa shape index (κ1) is 15.0. The summed E-state index contributed by atoms with van der Waals surface area (Å²) in [5.41, 5.74) is 2.30. The molecule has 1 aromatic carbocycles. The van der Waals surface area contributed by atoms with Gasteiger partial charge in [0, 0.05) is 13.0 Å². The number of benzene rings is 1. The lowest BCUT2D eigenvalue weighted by atomic mass is 10.1. The molecule has 18 heavy (non-hydrogen) atoms. The van der Waals surface area contributed by atoms with Crippen LogP contribution in [-0.4, -0.2) is 19.4 Å². The van der Waals surface area contributed by atoms with Gasteiger partial charge in [-0.05, 0) is 50.1 Å². The molecule has 0 fully saturated rings. The highest BCUT2D eigenvalue weighted by Crippen LogP contribution is 2.27. The molecule has 0 spiro atoms. The Bertz CT molecular complexity index is 419. The van der Waals surface area contributed by atoms with Crippen LogP contribution in [0.15, 0.2) is 12.1 Å². The van der Waals surface area contributed by atoms with E-state index in [0.717, 1.165) is 30.6 Å². The monoisotopic (exact) mass is 269 g/mol. The van der Waals surface area contributed by atoms with Gasteiger partial charge in [-0.25, -0.2) is 0 Å². The fourth-order valence-corrected chi connectivity index (χ4v) is 1.99. The van der Waals surface area contributed by atoms with E-state index in [-0.39, 0.29) is 5.78 Å². The molecule has 0 atom stereocenters. The minimum absolute atomic E-state index is 0.237. The normalized spacial score (nSPS) is 10.4. The first-order valence-electron chi connectivity index (χ1n) is 6.07. The van der Waals surface area contributed by atoms with E-state index in [1.807, 2.05) is 19.1 Å². The highest BCUT2D eigenvalue weighted by Gasteiger charge is 2.05. The van der Waals surface area contributed by atoms with E-state index in [1.54, 1.807) is 14.0 Å². The van der Waals surface area contributed by atoms with Crippen molar-refractivity contribution in [2.24, 2.45) is 0 Å². The second-order valence-electron chi connectivity index (χ2n) is 4.40. The fourth-order valence-electron chi connectivity index (χ4n) is 1.73. The Labute approximate surface area is 113 Å². The summed E-state index contributed by atoms with van der Waals surface area (Å²) in [6, 6.07) is 3.86. The lowest BCUT2D eigenvalue weighted by molar-refractivity contribution is -0.117. The van der Waals surface area contributed by atoms with E-state index in [0.29, 0.717) is 17.2 Å². The topological polar surface area (TPSA) is 38.3 Å². The molecular formula is C14H20ClNO2. The minimum Gasteiger partial charge on any atom is -0.495 e. The zero-order valence-electron chi connectivity index (χ0n) is 11.2. The Balaban J connectivity index is 2.47. The number of carbonyl (C=O) groups is 1. The largest absolute Gasteiger partial charge is 0.495 e. The average Bonchev–Trinajstić information content (AvgIpc) is 2.32. The molecule has 4 heteroatoms. The van der Waals surface area contributed by atoms with Crippen LogP contribution in [0.5, 0.6) is 5.75 Å². The summed E-state index contributed by atoms with van der Waals surface area (Å²) in [7, 11) is 1.61. The number of ether oxygens (including phenoxy) is 1. The number of methoxy groups -OCH3 is 1. The van der Waals surface area contributed by atoms with Crippen LogP contribution in [0.4, 0.5) is 0 Å². The summed E-state index contributed by atoms with van der Waals surface area (Å²) in [6.07, 6.45) is 1.51. The number of hydrogen-bond donors (Lipinski definition) is 1. The molecule has 0 unspecified atom stereocenters. The lowest BCUT2D eigenvalue weighted by Gasteiger charge is -2.11. The third-order valence-corrected chi connectivity index (χ3v) is 3.10. The zero-order valence-corrected chi connectivity index (χ0v) is 11.9. The number of ketones is 1. The average molecular weight is 270 g/mol. The molecule has 0 aliphatic rings. The SMILES string of the molecule is COc1cc(C)c(CNCCCC(C)=O)cc1Cl. The second-order valence-corrected chi connectivity index (χ2v) is 4.80. The third kappa shape index (κ3) is 4.67. The van der Waals surface area contributed by atoms with E-state index in [1.165, 1.54) is 0 Å². The number of halogens is 1. The van der Waals surface area contributed by atoms with Crippen LogP contribution in [0.3, 0.4) is 0 Å². The Kier molecular flexibility index (Phi) is 6.16. The Morgan fingerprint density at radius 2 is 2.17 bits per heavy atom. The quantitative estimate of drug-likeness (QED) is 0.773. The van der Waals surface area contributed by atoms with E-state index in [4.69, 9.17) is 16.3 Å². The maximum absolute atomic E-state index is 10.8. The van der Waals surface area contributed by atoms with Crippen molar-refractivity contribution in [3.8, 4) is 5.75 Å². The number of rotatable bonds is 7. The molecule has 1 N–H and O–H groups in total. The first-order valence-corrected chi connectivity index (χ1v) is 6.45. The number of aryl methyl sites for hydroxylation is 1. The van der Waals surface area contributed by atoms with Crippen molar-refractivity contribution in [2.45, 2.75) is 33.2 Å². The molecule has 0 saturated carbocycles. The Morgan fingerprint density at radius 3 is 2.78 bits per heavy atom. The van der Waals surface area contributed by atoms with E-state index < -0.39 is 0 Å². The van der Waals surface area contributed by atoms with Crippen LogP contribution >= 0.6 is 11.6 Å². The summed E-state index contributed by atoms with van der Waals surface area (Å²) >= 11 is 6.09. The number of hydrogen-bond acceptors (Lipinski definition) is 3. The molecule has 0 aromatic heterocycles. The molecule has 0 aliphatic heterocycles. The van der Waals surface area contributed by atoms with Crippen molar-refractivity contribution in [2.75, 3.05) is 13.7 Å². The summed E-state index contributed by atoms with van der Waals surface area (Å²) in [5, 5.41) is 3.94. The maximum atomic E-state index is 10.8. The molecule has 0 saturated heterocycles. The van der Waals surface area contributed by atoms with Crippen LogP contribution in [0.25, 0.3) is 0 Å². The summed E-state index contributed by atoms with van der Waals surface area (Å²) in [6.45, 7) is 5.24. The minimum atomic E-state index is 0.237. The van der Waals surface area contributed by atoms with Gasteiger partial charge in [0.25, 0.3) is 0 Å². The summed E-state index contributed by atoms with van der Waals surface area (Å²) in [5.74, 6) is 0.940. The smallest absolute Gasteiger partial charge is 0.137 e. The maximum Gasteiger partial charge on any atom is 0.137 e. The number of nitrogens with one attached hydrogen (secondary N) is 1. The van der Waals surface area contributed by atoms with Gasteiger partial charge in [-0.15, -0.1) is 0 Å². The van der Waals surface area contributed by atoms with Crippen molar-refractivity contribution in [1.82, 2.24) is 5.32 Å². The second kappa shape index (κ2) is 7.39. The predicted molar refractivity (Wildman–Crippen MR) is 74.4 cm³/mol. The van der Waals surface area contributed by atoms with Crippen LogP contribution in [-0.2, 0) is 11.3 Å². The Hall–Kier alpha value is -1.06. The van der Waals surface area contributed by atoms with Crippen molar-refractivity contribution < 1.29 is 9.53 Å². The van der Waals surface area contributed by atoms with Gasteiger partial charge in [-0.1, -0.05) is 11.6 Å². The highest BCUT2D eigenvalue weighted by atomic mass is 35.5. The van der Waals surface area contributed by atoms with E-state index in [2.05, 4.69) is 5.32 Å². The third-order valence-electron chi connectivity index (χ3n) is 2.81. The lowest BCUT2D eigenvalue weighted by Crippen LogP contribution is -2.16. The van der Waals surface area contributed by atoms with Crippen molar-refractivity contribution >= 4 is 17.4 Å². The summed E-state index contributed by atoms with van der Waals surface area (Å²) in [4.78, 5) is 10.8. The molecule has 3 nitrogen and oxygen atoms in total. The molecule has 1 aromatic rings. The van der Waals surface area contributed by atoms with Crippen LogP contribution in [0, 0.1) is 6.92 Å². The predicted octanol–water partition coefficient (Wildman–Crippen LogP) is 3.12. The number of Topliss-reactive ketones (excluding diaryl/α,β-unsaturated/α-hetero) is 1. The summed E-state index contributed by atoms with van der Waals surface area (Å²) < 4.78 is 5.16. The first-order chi connectivity index (χ1) is 8.54. The zero-order chi connectivity index (χ0) is 13.5. The van der Waals surface area contributed by atoms with E-state index in [9.17, 15) is 4.79 Å².